The average molecular weight is 487 g/mol. The predicted molar refractivity (Wildman–Crippen MR) is 129 cm³/mol. The lowest BCUT2D eigenvalue weighted by molar-refractivity contribution is -0.118. The van der Waals surface area contributed by atoms with Gasteiger partial charge in [-0.3, -0.25) is 9.52 Å². The van der Waals surface area contributed by atoms with Crippen molar-refractivity contribution in [3.63, 3.8) is 0 Å². The minimum atomic E-state index is -4.08. The van der Waals surface area contributed by atoms with Crippen LogP contribution < -0.4 is 14.8 Å². The molecular weight excluding hydrogens is 459 g/mol. The maximum absolute atomic E-state index is 13.9. The van der Waals surface area contributed by atoms with Crippen LogP contribution in [0.3, 0.4) is 0 Å². The second kappa shape index (κ2) is 11.1. The molecule has 0 radical (unpaired) electrons. The third-order valence-corrected chi connectivity index (χ3v) is 6.50. The van der Waals surface area contributed by atoms with Gasteiger partial charge in [0.2, 0.25) is 5.91 Å². The molecule has 0 fully saturated rings. The summed E-state index contributed by atoms with van der Waals surface area (Å²) in [5, 5.41) is 2.80. The topological polar surface area (TPSA) is 93.7 Å². The summed E-state index contributed by atoms with van der Waals surface area (Å²) in [5.74, 6) is -1.32. The van der Waals surface area contributed by atoms with Crippen LogP contribution in [0.15, 0.2) is 71.6 Å². The summed E-state index contributed by atoms with van der Waals surface area (Å²) in [6.45, 7) is 3.68. The molecule has 0 unspecified atom stereocenters. The molecule has 0 spiro atoms. The van der Waals surface area contributed by atoms with Crippen LogP contribution in [0.1, 0.15) is 24.0 Å². The van der Waals surface area contributed by atoms with Crippen LogP contribution in [0.4, 0.5) is 15.8 Å². The first-order chi connectivity index (χ1) is 16.2. The van der Waals surface area contributed by atoms with Gasteiger partial charge in [0.25, 0.3) is 10.0 Å². The van der Waals surface area contributed by atoms with Gasteiger partial charge < -0.3 is 14.8 Å². The maximum atomic E-state index is 13.9. The third-order valence-electron chi connectivity index (χ3n) is 5.08. The molecule has 180 valence electrons. The first-order valence-electron chi connectivity index (χ1n) is 10.7. The van der Waals surface area contributed by atoms with E-state index in [-0.39, 0.29) is 35.5 Å². The number of ether oxygens (including phenoxy) is 2. The summed E-state index contributed by atoms with van der Waals surface area (Å²) in [6.07, 6.45) is 0. The fourth-order valence-corrected chi connectivity index (χ4v) is 4.52. The third kappa shape index (κ3) is 6.12. The van der Waals surface area contributed by atoms with E-state index in [1.54, 1.807) is 13.8 Å². The lowest BCUT2D eigenvalue weighted by Crippen LogP contribution is -2.24. The van der Waals surface area contributed by atoms with Gasteiger partial charge in [0, 0.05) is 18.9 Å². The molecule has 0 saturated carbocycles. The summed E-state index contributed by atoms with van der Waals surface area (Å²) >= 11 is 0. The fraction of sp³-hybridized carbons (Fsp3) is 0.240. The molecule has 1 amide bonds. The minimum absolute atomic E-state index is 0.0587. The van der Waals surface area contributed by atoms with Crippen molar-refractivity contribution in [2.75, 3.05) is 30.4 Å². The van der Waals surface area contributed by atoms with Gasteiger partial charge in [0.1, 0.15) is 16.5 Å². The molecule has 3 rings (SSSR count). The molecule has 3 aromatic rings. The highest BCUT2D eigenvalue weighted by molar-refractivity contribution is 7.92. The second-order valence-corrected chi connectivity index (χ2v) is 9.22. The van der Waals surface area contributed by atoms with E-state index >= 15 is 0 Å². The highest BCUT2D eigenvalue weighted by Gasteiger charge is 2.24. The Morgan fingerprint density at radius 2 is 1.74 bits per heavy atom. The Hall–Kier alpha value is -3.43. The number of hydrogen-bond acceptors (Lipinski definition) is 5. The quantitative estimate of drug-likeness (QED) is 0.433. The first kappa shape index (κ1) is 25.2. The summed E-state index contributed by atoms with van der Waals surface area (Å²) in [5.41, 5.74) is 1.65. The van der Waals surface area contributed by atoms with E-state index in [1.807, 2.05) is 30.3 Å². The van der Waals surface area contributed by atoms with Crippen LogP contribution >= 0.6 is 0 Å². The van der Waals surface area contributed by atoms with E-state index in [0.29, 0.717) is 11.3 Å². The van der Waals surface area contributed by atoms with Gasteiger partial charge in [-0.2, -0.15) is 0 Å². The lowest BCUT2D eigenvalue weighted by Gasteiger charge is -2.18. The van der Waals surface area contributed by atoms with Crippen molar-refractivity contribution in [1.82, 2.24) is 0 Å². The molecule has 3 aromatic carbocycles. The molecule has 0 heterocycles. The zero-order valence-corrected chi connectivity index (χ0v) is 20.0. The molecule has 9 heteroatoms. The Labute approximate surface area is 199 Å². The number of nitrogens with one attached hydrogen (secondary N) is 2. The Balaban J connectivity index is 1.87. The highest BCUT2D eigenvalue weighted by Crippen LogP contribution is 2.30. The molecular formula is C25H27FN2O5S. The van der Waals surface area contributed by atoms with Gasteiger partial charge in [-0.05, 0) is 49.2 Å². The Morgan fingerprint density at radius 3 is 2.38 bits per heavy atom. The number of carbonyl (C=O) groups is 1. The van der Waals surface area contributed by atoms with Crippen LogP contribution in [-0.2, 0) is 19.6 Å². The predicted octanol–water partition coefficient (Wildman–Crippen LogP) is 4.70. The van der Waals surface area contributed by atoms with Crippen molar-refractivity contribution < 1.29 is 27.1 Å². The van der Waals surface area contributed by atoms with E-state index in [9.17, 15) is 17.6 Å². The Bertz CT molecular complexity index is 1250. The summed E-state index contributed by atoms with van der Waals surface area (Å²) in [6, 6.07) is 17.5. The molecule has 0 saturated heterocycles. The summed E-state index contributed by atoms with van der Waals surface area (Å²) in [4.78, 5) is 12.8. The smallest absolute Gasteiger partial charge is 0.265 e. The van der Waals surface area contributed by atoms with Crippen LogP contribution in [0.25, 0.3) is 0 Å². The number of aryl methyl sites for hydroxylation is 1. The standard InChI is InChI=1S/C25H27FN2O5S/c1-4-33-23-15-19(27-25(29)21(16-32-3)18-8-6-5-7-9-18)12-13-24(23)34(30,31)28-20-11-10-17(2)22(26)14-20/h5-15,21,28H,4,16H2,1-3H3,(H,27,29)/t21-/m0/s1. The summed E-state index contributed by atoms with van der Waals surface area (Å²) < 4.78 is 53.0. The van der Waals surface area contributed by atoms with E-state index in [4.69, 9.17) is 9.47 Å². The molecule has 0 bridgehead atoms. The second-order valence-electron chi connectivity index (χ2n) is 7.57. The number of sulfonamides is 1. The van der Waals surface area contributed by atoms with E-state index in [0.717, 1.165) is 11.6 Å². The molecule has 7 nitrogen and oxygen atoms in total. The number of hydrogen-bond donors (Lipinski definition) is 2. The monoisotopic (exact) mass is 486 g/mol. The number of benzene rings is 3. The van der Waals surface area contributed by atoms with Crippen molar-refractivity contribution in [3.05, 3.63) is 83.7 Å². The molecule has 0 aliphatic heterocycles. The zero-order valence-electron chi connectivity index (χ0n) is 19.2. The number of anilines is 2. The average Bonchev–Trinajstić information content (AvgIpc) is 2.80. The van der Waals surface area contributed by atoms with Crippen LogP contribution in [-0.4, -0.2) is 34.6 Å². The van der Waals surface area contributed by atoms with Gasteiger partial charge in [0.15, 0.2) is 0 Å². The van der Waals surface area contributed by atoms with E-state index < -0.39 is 21.8 Å². The Morgan fingerprint density at radius 1 is 1.03 bits per heavy atom. The van der Waals surface area contributed by atoms with Crippen molar-refractivity contribution in [2.24, 2.45) is 0 Å². The minimum Gasteiger partial charge on any atom is -0.492 e. The van der Waals surface area contributed by atoms with Gasteiger partial charge in [-0.25, -0.2) is 12.8 Å². The number of rotatable bonds is 10. The molecule has 2 N–H and O–H groups in total. The van der Waals surface area contributed by atoms with Crippen molar-refractivity contribution in [1.29, 1.82) is 0 Å². The van der Waals surface area contributed by atoms with E-state index in [1.165, 1.54) is 37.4 Å². The Kier molecular flexibility index (Phi) is 8.25. The summed E-state index contributed by atoms with van der Waals surface area (Å²) in [7, 11) is -2.57. The van der Waals surface area contributed by atoms with Gasteiger partial charge >= 0.3 is 0 Å². The van der Waals surface area contributed by atoms with Crippen LogP contribution in [0, 0.1) is 12.7 Å². The van der Waals surface area contributed by atoms with Gasteiger partial charge in [-0.1, -0.05) is 36.4 Å². The van der Waals surface area contributed by atoms with Crippen molar-refractivity contribution in [2.45, 2.75) is 24.7 Å². The zero-order chi connectivity index (χ0) is 24.7. The first-order valence-corrected chi connectivity index (χ1v) is 12.1. The van der Waals surface area contributed by atoms with Gasteiger partial charge in [-0.15, -0.1) is 0 Å². The highest BCUT2D eigenvalue weighted by atomic mass is 32.2. The van der Waals surface area contributed by atoms with Crippen LogP contribution in [0.5, 0.6) is 5.75 Å². The SMILES string of the molecule is CCOc1cc(NC(=O)[C@@H](COC)c2ccccc2)ccc1S(=O)(=O)Nc1ccc(C)c(F)c1. The van der Waals surface area contributed by atoms with Crippen molar-refractivity contribution >= 4 is 27.3 Å². The van der Waals surface area contributed by atoms with Crippen molar-refractivity contribution in [3.8, 4) is 5.75 Å². The fourth-order valence-electron chi connectivity index (χ4n) is 3.35. The number of halogens is 1. The molecule has 0 aliphatic carbocycles. The van der Waals surface area contributed by atoms with Gasteiger partial charge in [0.05, 0.1) is 24.8 Å². The molecule has 34 heavy (non-hydrogen) atoms. The molecule has 0 aromatic heterocycles. The number of methoxy groups -OCH3 is 1. The largest absolute Gasteiger partial charge is 0.492 e. The normalized spacial score (nSPS) is 12.1. The number of amides is 1. The lowest BCUT2D eigenvalue weighted by atomic mass is 9.99. The van der Waals surface area contributed by atoms with E-state index in [2.05, 4.69) is 10.0 Å². The van der Waals surface area contributed by atoms with Crippen LogP contribution in [0.2, 0.25) is 0 Å². The molecule has 1 atom stereocenters. The molecule has 0 aliphatic rings. The maximum Gasteiger partial charge on any atom is 0.265 e. The number of carbonyl (C=O) groups excluding carboxylic acids is 1.